The average Bonchev–Trinajstić information content (AvgIpc) is 2.40. The van der Waals surface area contributed by atoms with E-state index in [2.05, 4.69) is 53.4 Å². The number of anilines is 1. The van der Waals surface area contributed by atoms with Gasteiger partial charge in [0.15, 0.2) is 0 Å². The van der Waals surface area contributed by atoms with Crippen LogP contribution in [0.1, 0.15) is 24.5 Å². The molecule has 0 amide bonds. The first-order chi connectivity index (χ1) is 8.77. The van der Waals surface area contributed by atoms with Crippen molar-refractivity contribution in [3.63, 3.8) is 0 Å². The number of rotatable bonds is 4. The predicted octanol–water partition coefficient (Wildman–Crippen LogP) is 3.45. The Morgan fingerprint density at radius 3 is 2.61 bits per heavy atom. The quantitative estimate of drug-likeness (QED) is 0.891. The van der Waals surface area contributed by atoms with Gasteiger partial charge in [-0.15, -0.1) is 0 Å². The summed E-state index contributed by atoms with van der Waals surface area (Å²) in [6.45, 7) is 4.29. The van der Waals surface area contributed by atoms with Gasteiger partial charge in [-0.25, -0.2) is 9.97 Å². The number of aryl methyl sites for hydroxylation is 1. The van der Waals surface area contributed by atoms with E-state index in [1.165, 1.54) is 16.7 Å². The van der Waals surface area contributed by atoms with Crippen LogP contribution < -0.4 is 5.32 Å². The van der Waals surface area contributed by atoms with Crippen LogP contribution in [0, 0.1) is 6.92 Å². The van der Waals surface area contributed by atoms with E-state index in [1.54, 1.807) is 6.33 Å². The molecular weight excluding hydrogens is 222 g/mol. The van der Waals surface area contributed by atoms with E-state index >= 15 is 0 Å². The molecule has 0 aliphatic heterocycles. The van der Waals surface area contributed by atoms with Crippen molar-refractivity contribution in [2.45, 2.75) is 26.7 Å². The van der Waals surface area contributed by atoms with Crippen molar-refractivity contribution in [3.05, 3.63) is 41.7 Å². The van der Waals surface area contributed by atoms with Crippen LogP contribution in [0.5, 0.6) is 0 Å². The number of nitrogens with one attached hydrogen (secondary N) is 1. The standard InChI is InChI=1S/C15H19N3/c1-4-7-13-14(17-10-18-15(13)16-3)12-9-6-5-8-11(12)2/h5-6,8-10H,4,7H2,1-3H3,(H,16,17,18). The fourth-order valence-electron chi connectivity index (χ4n) is 2.19. The van der Waals surface area contributed by atoms with Crippen molar-refractivity contribution >= 4 is 5.82 Å². The van der Waals surface area contributed by atoms with Gasteiger partial charge in [-0.2, -0.15) is 0 Å². The second kappa shape index (κ2) is 5.63. The van der Waals surface area contributed by atoms with E-state index in [9.17, 15) is 0 Å². The zero-order chi connectivity index (χ0) is 13.0. The lowest BCUT2D eigenvalue weighted by Gasteiger charge is -2.13. The lowest BCUT2D eigenvalue weighted by Crippen LogP contribution is -2.03. The fourth-order valence-corrected chi connectivity index (χ4v) is 2.19. The van der Waals surface area contributed by atoms with Crippen molar-refractivity contribution in [2.24, 2.45) is 0 Å². The predicted molar refractivity (Wildman–Crippen MR) is 75.7 cm³/mol. The molecule has 0 saturated carbocycles. The number of benzene rings is 1. The van der Waals surface area contributed by atoms with Gasteiger partial charge in [-0.1, -0.05) is 37.6 Å². The van der Waals surface area contributed by atoms with E-state index in [1.807, 2.05) is 7.05 Å². The van der Waals surface area contributed by atoms with Crippen molar-refractivity contribution < 1.29 is 0 Å². The van der Waals surface area contributed by atoms with Gasteiger partial charge in [0.25, 0.3) is 0 Å². The topological polar surface area (TPSA) is 37.8 Å². The van der Waals surface area contributed by atoms with Crippen LogP contribution in [0.2, 0.25) is 0 Å². The highest BCUT2D eigenvalue weighted by atomic mass is 15.0. The maximum absolute atomic E-state index is 4.49. The van der Waals surface area contributed by atoms with Crippen molar-refractivity contribution in [1.29, 1.82) is 0 Å². The summed E-state index contributed by atoms with van der Waals surface area (Å²) in [5, 5.41) is 3.16. The third kappa shape index (κ3) is 2.35. The van der Waals surface area contributed by atoms with Crippen LogP contribution in [0.4, 0.5) is 5.82 Å². The first-order valence-electron chi connectivity index (χ1n) is 6.35. The Bertz CT molecular complexity index is 535. The van der Waals surface area contributed by atoms with Crippen LogP contribution in [-0.4, -0.2) is 17.0 Å². The van der Waals surface area contributed by atoms with Gasteiger partial charge in [0.1, 0.15) is 12.1 Å². The minimum absolute atomic E-state index is 0.935. The average molecular weight is 241 g/mol. The molecule has 3 heteroatoms. The molecule has 0 saturated heterocycles. The minimum atomic E-state index is 0.935. The minimum Gasteiger partial charge on any atom is -0.373 e. The molecule has 0 bridgehead atoms. The van der Waals surface area contributed by atoms with E-state index in [0.29, 0.717) is 0 Å². The molecule has 0 aliphatic carbocycles. The Balaban J connectivity index is 2.60. The van der Waals surface area contributed by atoms with E-state index < -0.39 is 0 Å². The number of nitrogens with zero attached hydrogens (tertiary/aromatic N) is 2. The highest BCUT2D eigenvalue weighted by molar-refractivity contribution is 5.70. The number of hydrogen-bond donors (Lipinski definition) is 1. The lowest BCUT2D eigenvalue weighted by atomic mass is 9.99. The summed E-state index contributed by atoms with van der Waals surface area (Å²) in [6, 6.07) is 8.35. The summed E-state index contributed by atoms with van der Waals surface area (Å²) < 4.78 is 0. The van der Waals surface area contributed by atoms with Gasteiger partial charge >= 0.3 is 0 Å². The summed E-state index contributed by atoms with van der Waals surface area (Å²) in [5.74, 6) is 0.935. The monoisotopic (exact) mass is 241 g/mol. The number of hydrogen-bond acceptors (Lipinski definition) is 3. The first-order valence-corrected chi connectivity index (χ1v) is 6.35. The molecule has 2 aromatic rings. The molecule has 1 aromatic heterocycles. The summed E-state index contributed by atoms with van der Waals surface area (Å²) in [6.07, 6.45) is 3.70. The molecule has 1 N–H and O–H groups in total. The van der Waals surface area contributed by atoms with Gasteiger partial charge in [0.2, 0.25) is 0 Å². The molecule has 2 rings (SSSR count). The second-order valence-corrected chi connectivity index (χ2v) is 4.36. The Hall–Kier alpha value is -1.90. The van der Waals surface area contributed by atoms with E-state index in [4.69, 9.17) is 0 Å². The molecule has 0 fully saturated rings. The second-order valence-electron chi connectivity index (χ2n) is 4.36. The zero-order valence-corrected chi connectivity index (χ0v) is 11.2. The van der Waals surface area contributed by atoms with Crippen LogP contribution in [0.3, 0.4) is 0 Å². The van der Waals surface area contributed by atoms with Crippen LogP contribution in [0.15, 0.2) is 30.6 Å². The van der Waals surface area contributed by atoms with Crippen LogP contribution in [-0.2, 0) is 6.42 Å². The summed E-state index contributed by atoms with van der Waals surface area (Å²) in [4.78, 5) is 8.80. The first kappa shape index (κ1) is 12.6. The molecule has 0 atom stereocenters. The van der Waals surface area contributed by atoms with Crippen molar-refractivity contribution in [3.8, 4) is 11.3 Å². The Labute approximate surface area is 108 Å². The van der Waals surface area contributed by atoms with E-state index in [0.717, 1.165) is 24.4 Å². The highest BCUT2D eigenvalue weighted by Gasteiger charge is 2.12. The largest absolute Gasteiger partial charge is 0.373 e. The molecule has 0 unspecified atom stereocenters. The van der Waals surface area contributed by atoms with Gasteiger partial charge in [0, 0.05) is 18.2 Å². The van der Waals surface area contributed by atoms with Crippen molar-refractivity contribution in [1.82, 2.24) is 9.97 Å². The zero-order valence-electron chi connectivity index (χ0n) is 11.2. The third-order valence-corrected chi connectivity index (χ3v) is 3.08. The summed E-state index contributed by atoms with van der Waals surface area (Å²) >= 11 is 0. The van der Waals surface area contributed by atoms with Gasteiger partial charge in [-0.3, -0.25) is 0 Å². The SMILES string of the molecule is CCCc1c(NC)ncnc1-c1ccccc1C. The molecule has 0 radical (unpaired) electrons. The Morgan fingerprint density at radius 1 is 1.17 bits per heavy atom. The van der Waals surface area contributed by atoms with Crippen LogP contribution >= 0.6 is 0 Å². The molecule has 18 heavy (non-hydrogen) atoms. The summed E-state index contributed by atoms with van der Waals surface area (Å²) in [5.41, 5.74) is 4.70. The molecule has 3 nitrogen and oxygen atoms in total. The molecular formula is C15H19N3. The Morgan fingerprint density at radius 2 is 1.94 bits per heavy atom. The van der Waals surface area contributed by atoms with Gasteiger partial charge in [0.05, 0.1) is 5.69 Å². The van der Waals surface area contributed by atoms with Crippen LogP contribution in [0.25, 0.3) is 11.3 Å². The van der Waals surface area contributed by atoms with Crippen molar-refractivity contribution in [2.75, 3.05) is 12.4 Å². The molecule has 0 aliphatic rings. The normalized spacial score (nSPS) is 10.4. The van der Waals surface area contributed by atoms with Gasteiger partial charge < -0.3 is 5.32 Å². The Kier molecular flexibility index (Phi) is 3.92. The maximum Gasteiger partial charge on any atom is 0.132 e. The molecule has 1 aromatic carbocycles. The number of aromatic nitrogens is 2. The smallest absolute Gasteiger partial charge is 0.132 e. The molecule has 0 spiro atoms. The fraction of sp³-hybridized carbons (Fsp3) is 0.333. The maximum atomic E-state index is 4.49. The molecule has 94 valence electrons. The third-order valence-electron chi connectivity index (χ3n) is 3.08. The highest BCUT2D eigenvalue weighted by Crippen LogP contribution is 2.28. The van der Waals surface area contributed by atoms with Gasteiger partial charge in [-0.05, 0) is 18.9 Å². The molecule has 1 heterocycles. The van der Waals surface area contributed by atoms with E-state index in [-0.39, 0.29) is 0 Å². The summed E-state index contributed by atoms with van der Waals surface area (Å²) in [7, 11) is 1.91. The lowest BCUT2D eigenvalue weighted by molar-refractivity contribution is 0.905.